The monoisotopic (exact) mass is 331 g/mol. The first-order valence-electron chi connectivity index (χ1n) is 9.02. The molecule has 130 valence electrons. The second-order valence-corrected chi connectivity index (χ2v) is 7.04. The molecule has 2 saturated heterocycles. The maximum Gasteiger partial charge on any atom is 0.324 e. The fourth-order valence-electron chi connectivity index (χ4n) is 4.28. The first-order valence-corrected chi connectivity index (χ1v) is 9.02. The van der Waals surface area contributed by atoms with E-state index in [4.69, 9.17) is 4.98 Å². The average Bonchev–Trinajstić information content (AvgIpc) is 3.27. The molecule has 2 fully saturated rings. The van der Waals surface area contributed by atoms with Crippen molar-refractivity contribution < 1.29 is 9.59 Å². The van der Waals surface area contributed by atoms with E-state index < -0.39 is 0 Å². The molecule has 1 aromatic rings. The molecule has 7 heteroatoms. The Morgan fingerprint density at radius 1 is 1.25 bits per heavy atom. The van der Waals surface area contributed by atoms with Crippen LogP contribution in [0.1, 0.15) is 48.9 Å². The number of nitrogens with zero attached hydrogens (tertiary/aromatic N) is 4. The van der Waals surface area contributed by atoms with Crippen LogP contribution in [0.3, 0.4) is 0 Å². The van der Waals surface area contributed by atoms with Crippen molar-refractivity contribution >= 4 is 11.9 Å². The molecule has 1 aromatic heterocycles. The fourth-order valence-corrected chi connectivity index (χ4v) is 4.28. The Morgan fingerprint density at radius 3 is 2.83 bits per heavy atom. The van der Waals surface area contributed by atoms with Gasteiger partial charge in [-0.3, -0.25) is 14.6 Å². The summed E-state index contributed by atoms with van der Waals surface area (Å²) in [7, 11) is 2.11. The molecule has 3 aliphatic rings. The molecule has 7 nitrogen and oxygen atoms in total. The molecule has 0 saturated carbocycles. The van der Waals surface area contributed by atoms with E-state index in [1.807, 2.05) is 0 Å². The van der Waals surface area contributed by atoms with Gasteiger partial charge in [-0.05, 0) is 45.1 Å². The molecule has 1 N–H and O–H groups in total. The van der Waals surface area contributed by atoms with E-state index in [-0.39, 0.29) is 18.0 Å². The molecule has 0 aromatic carbocycles. The summed E-state index contributed by atoms with van der Waals surface area (Å²) in [4.78, 5) is 32.6. The molecule has 0 unspecified atom stereocenters. The van der Waals surface area contributed by atoms with Crippen LogP contribution < -0.4 is 5.32 Å². The third-order valence-electron chi connectivity index (χ3n) is 5.57. The highest BCUT2D eigenvalue weighted by Gasteiger charge is 2.35. The first-order chi connectivity index (χ1) is 11.6. The topological polar surface area (TPSA) is 70.5 Å². The Hall–Kier alpha value is -1.89. The zero-order valence-electron chi connectivity index (χ0n) is 14.3. The van der Waals surface area contributed by atoms with Crippen molar-refractivity contribution in [2.75, 3.05) is 26.2 Å². The van der Waals surface area contributed by atoms with Crippen LogP contribution in [0, 0.1) is 0 Å². The third-order valence-corrected chi connectivity index (χ3v) is 5.57. The lowest BCUT2D eigenvalue weighted by Crippen LogP contribution is -2.42. The number of carbonyl (C=O) groups excluding carboxylic acids is 2. The summed E-state index contributed by atoms with van der Waals surface area (Å²) >= 11 is 0. The highest BCUT2D eigenvalue weighted by molar-refractivity contribution is 5.96. The Labute approximate surface area is 142 Å². The number of nitrogens with one attached hydrogen (secondary N) is 1. The van der Waals surface area contributed by atoms with Crippen molar-refractivity contribution in [1.29, 1.82) is 0 Å². The highest BCUT2D eigenvalue weighted by atomic mass is 16.2. The summed E-state index contributed by atoms with van der Waals surface area (Å²) in [6.45, 7) is 2.23. The number of hydrogen-bond acceptors (Lipinski definition) is 4. The predicted molar refractivity (Wildman–Crippen MR) is 88.5 cm³/mol. The van der Waals surface area contributed by atoms with Gasteiger partial charge >= 0.3 is 6.03 Å². The largest absolute Gasteiger partial charge is 0.336 e. The summed E-state index contributed by atoms with van der Waals surface area (Å²) in [6, 6.07) is -0.0709. The fraction of sp³-hybridized carbons (Fsp3) is 0.706. The van der Waals surface area contributed by atoms with Gasteiger partial charge in [0.1, 0.15) is 5.82 Å². The van der Waals surface area contributed by atoms with Crippen LogP contribution in [0.25, 0.3) is 0 Å². The lowest BCUT2D eigenvalue weighted by molar-refractivity contribution is -0.129. The van der Waals surface area contributed by atoms with Crippen molar-refractivity contribution in [2.45, 2.75) is 44.6 Å². The van der Waals surface area contributed by atoms with Crippen LogP contribution in [0.5, 0.6) is 0 Å². The van der Waals surface area contributed by atoms with E-state index in [9.17, 15) is 9.59 Å². The number of imide groups is 1. The molecular weight excluding hydrogens is 306 g/mol. The molecule has 1 aliphatic carbocycles. The van der Waals surface area contributed by atoms with E-state index in [0.717, 1.165) is 38.1 Å². The normalized spacial score (nSPS) is 24.3. The van der Waals surface area contributed by atoms with Gasteiger partial charge in [-0.25, -0.2) is 9.78 Å². The van der Waals surface area contributed by atoms with Gasteiger partial charge in [-0.1, -0.05) is 0 Å². The molecule has 4 rings (SSSR count). The number of carbonyl (C=O) groups is 2. The molecular formula is C17H25N5O2. The summed E-state index contributed by atoms with van der Waals surface area (Å²) < 4.78 is 2.25. The van der Waals surface area contributed by atoms with Crippen molar-refractivity contribution in [3.63, 3.8) is 0 Å². The smallest absolute Gasteiger partial charge is 0.324 e. The standard InChI is InChI=1S/C17H25N5O2/c1-20-13-6-3-2-5-12(13)19-16(20)14-7-4-9-21(14)11-15(23)22-10-8-18-17(22)24/h14H,2-11H2,1H3,(H,18,24)/t14-/m0/s1. The minimum atomic E-state index is -0.261. The maximum atomic E-state index is 12.5. The number of aromatic nitrogens is 2. The second kappa shape index (κ2) is 6.20. The van der Waals surface area contributed by atoms with Crippen LogP contribution in [-0.4, -0.2) is 57.5 Å². The van der Waals surface area contributed by atoms with E-state index in [1.165, 1.54) is 29.1 Å². The number of likely N-dealkylation sites (tertiary alicyclic amines) is 1. The Bertz CT molecular complexity index is 668. The second-order valence-electron chi connectivity index (χ2n) is 7.04. The van der Waals surface area contributed by atoms with E-state index in [1.54, 1.807) is 0 Å². The van der Waals surface area contributed by atoms with Crippen molar-refractivity contribution in [3.8, 4) is 0 Å². The van der Waals surface area contributed by atoms with Gasteiger partial charge in [0.2, 0.25) is 5.91 Å². The van der Waals surface area contributed by atoms with Crippen LogP contribution in [0.2, 0.25) is 0 Å². The van der Waals surface area contributed by atoms with Crippen molar-refractivity contribution in [1.82, 2.24) is 24.7 Å². The molecule has 1 atom stereocenters. The van der Waals surface area contributed by atoms with Crippen LogP contribution in [0.15, 0.2) is 0 Å². The van der Waals surface area contributed by atoms with Gasteiger partial charge in [0.25, 0.3) is 0 Å². The highest BCUT2D eigenvalue weighted by Crippen LogP contribution is 2.33. The lowest BCUT2D eigenvalue weighted by Gasteiger charge is -2.25. The van der Waals surface area contributed by atoms with E-state index >= 15 is 0 Å². The number of amides is 3. The Morgan fingerprint density at radius 2 is 2.08 bits per heavy atom. The number of aryl methyl sites for hydroxylation is 1. The summed E-state index contributed by atoms with van der Waals surface area (Å²) in [5.41, 5.74) is 2.61. The summed E-state index contributed by atoms with van der Waals surface area (Å²) in [5.74, 6) is 0.994. The number of rotatable bonds is 3. The molecule has 0 spiro atoms. The van der Waals surface area contributed by atoms with Gasteiger partial charge < -0.3 is 9.88 Å². The van der Waals surface area contributed by atoms with Crippen LogP contribution >= 0.6 is 0 Å². The first kappa shape index (κ1) is 15.6. The van der Waals surface area contributed by atoms with Gasteiger partial charge in [0, 0.05) is 25.8 Å². The number of urea groups is 1. The van der Waals surface area contributed by atoms with Gasteiger partial charge in [0.05, 0.1) is 18.3 Å². The van der Waals surface area contributed by atoms with Gasteiger partial charge in [-0.2, -0.15) is 0 Å². The molecule has 3 amide bonds. The minimum absolute atomic E-state index is 0.101. The molecule has 24 heavy (non-hydrogen) atoms. The molecule has 0 radical (unpaired) electrons. The SMILES string of the molecule is Cn1c([C@@H]2CCCN2CC(=O)N2CCNC2=O)nc2c1CCCC2. The zero-order valence-corrected chi connectivity index (χ0v) is 14.3. The average molecular weight is 331 g/mol. The maximum absolute atomic E-state index is 12.5. The Kier molecular flexibility index (Phi) is 4.04. The predicted octanol–water partition coefficient (Wildman–Crippen LogP) is 0.988. The van der Waals surface area contributed by atoms with E-state index in [0.29, 0.717) is 19.6 Å². The molecule has 2 aliphatic heterocycles. The third kappa shape index (κ3) is 2.60. The summed E-state index contributed by atoms with van der Waals surface area (Å²) in [5, 5.41) is 2.69. The van der Waals surface area contributed by atoms with Gasteiger partial charge in [-0.15, -0.1) is 0 Å². The van der Waals surface area contributed by atoms with Crippen LogP contribution in [0.4, 0.5) is 4.79 Å². The van der Waals surface area contributed by atoms with E-state index in [2.05, 4.69) is 21.8 Å². The molecule has 3 heterocycles. The zero-order chi connectivity index (χ0) is 16.7. The van der Waals surface area contributed by atoms with Crippen molar-refractivity contribution in [2.24, 2.45) is 7.05 Å². The van der Waals surface area contributed by atoms with Crippen LogP contribution in [-0.2, 0) is 24.7 Å². The lowest BCUT2D eigenvalue weighted by atomic mass is 10.0. The quantitative estimate of drug-likeness (QED) is 0.897. The Balaban J connectivity index is 1.52. The van der Waals surface area contributed by atoms with Crippen molar-refractivity contribution in [3.05, 3.63) is 17.2 Å². The number of fused-ring (bicyclic) bond motifs is 1. The number of imidazole rings is 1. The minimum Gasteiger partial charge on any atom is -0.336 e. The number of hydrogen-bond donors (Lipinski definition) is 1. The summed E-state index contributed by atoms with van der Waals surface area (Å²) in [6.07, 6.45) is 6.75. The molecule has 0 bridgehead atoms. The van der Waals surface area contributed by atoms with Gasteiger partial charge in [0.15, 0.2) is 0 Å².